The summed E-state index contributed by atoms with van der Waals surface area (Å²) in [4.78, 5) is 43.0. The van der Waals surface area contributed by atoms with E-state index < -0.39 is 17.6 Å². The van der Waals surface area contributed by atoms with Gasteiger partial charge in [-0.1, -0.05) is 26.8 Å². The first-order valence-electron chi connectivity index (χ1n) is 14.5. The number of ether oxygens (including phenoxy) is 2. The van der Waals surface area contributed by atoms with Crippen molar-refractivity contribution in [3.8, 4) is 0 Å². The summed E-state index contributed by atoms with van der Waals surface area (Å²) in [6, 6.07) is 0. The third-order valence-electron chi connectivity index (χ3n) is 12.5. The van der Waals surface area contributed by atoms with E-state index in [1.165, 1.54) is 0 Å². The van der Waals surface area contributed by atoms with E-state index in [-0.39, 0.29) is 52.3 Å². The van der Waals surface area contributed by atoms with Gasteiger partial charge in [-0.05, 0) is 74.7 Å². The second kappa shape index (κ2) is 8.64. The van der Waals surface area contributed by atoms with Crippen LogP contribution in [0.25, 0.3) is 0 Å². The maximum Gasteiger partial charge on any atom is 0.414 e. The summed E-state index contributed by atoms with van der Waals surface area (Å²) in [5.41, 5.74) is -1.00. The highest BCUT2D eigenvalue weighted by Crippen LogP contribution is 2.78. The summed E-state index contributed by atoms with van der Waals surface area (Å²) in [6.07, 6.45) is 7.37. The second-order valence-electron chi connectivity index (χ2n) is 13.6. The fourth-order valence-electron chi connectivity index (χ4n) is 10.1. The zero-order chi connectivity index (χ0) is 26.3. The van der Waals surface area contributed by atoms with Crippen LogP contribution in [0.3, 0.4) is 0 Å². The Balaban J connectivity index is 1.33. The average Bonchev–Trinajstić information content (AvgIpc) is 3.20. The molecule has 2 aliphatic heterocycles. The van der Waals surface area contributed by atoms with E-state index in [0.29, 0.717) is 18.3 Å². The minimum absolute atomic E-state index is 0.0526. The van der Waals surface area contributed by atoms with Crippen molar-refractivity contribution in [1.29, 1.82) is 0 Å². The molecule has 204 valence electrons. The number of hydrogen-bond donors (Lipinski definition) is 1. The molecule has 4 aliphatic carbocycles. The van der Waals surface area contributed by atoms with E-state index in [0.717, 1.165) is 58.2 Å². The quantitative estimate of drug-likeness (QED) is 0.556. The lowest BCUT2D eigenvalue weighted by Crippen LogP contribution is -2.59. The Kier molecular flexibility index (Phi) is 5.96. The Hall–Kier alpha value is -1.73. The molecule has 2 heterocycles. The number of nitrogens with one attached hydrogen (secondary N) is 1. The van der Waals surface area contributed by atoms with Crippen LogP contribution in [0.1, 0.15) is 65.7 Å². The molecule has 2 amide bonds. The predicted molar refractivity (Wildman–Crippen MR) is 138 cm³/mol. The van der Waals surface area contributed by atoms with Gasteiger partial charge in [0.15, 0.2) is 0 Å². The van der Waals surface area contributed by atoms with Crippen molar-refractivity contribution in [1.82, 2.24) is 10.2 Å². The number of piperidine rings is 1. The normalized spacial score (nSPS) is 50.3. The maximum absolute atomic E-state index is 14.3. The number of rotatable bonds is 5. The molecule has 4 bridgehead atoms. The summed E-state index contributed by atoms with van der Waals surface area (Å²) in [5, 5.41) is 2.61. The molecule has 0 aromatic heterocycles. The number of fused-ring (bicyclic) bond motifs is 2. The number of allylic oxidation sites excluding steroid dienone is 1. The molecule has 6 fully saturated rings. The van der Waals surface area contributed by atoms with Gasteiger partial charge in [0, 0.05) is 42.9 Å². The number of hydrogen-bond acceptors (Lipinski definition) is 6. The van der Waals surface area contributed by atoms with Gasteiger partial charge in [-0.15, -0.1) is 6.58 Å². The largest absolute Gasteiger partial charge is 0.445 e. The van der Waals surface area contributed by atoms with Crippen LogP contribution in [0.5, 0.6) is 0 Å². The van der Waals surface area contributed by atoms with Crippen molar-refractivity contribution in [2.24, 2.45) is 51.8 Å². The van der Waals surface area contributed by atoms with E-state index in [1.54, 1.807) is 7.11 Å². The summed E-state index contributed by atoms with van der Waals surface area (Å²) in [7, 11) is 1.79. The van der Waals surface area contributed by atoms with Crippen LogP contribution in [0.4, 0.5) is 4.79 Å². The summed E-state index contributed by atoms with van der Waals surface area (Å²) in [5.74, 6) is 0.765. The maximum atomic E-state index is 14.3. The standard InChI is InChI=1S/C30H44N2O5/c1-6-17(2)28(4)14-23(37-27(35)31-26(34)21-16-32-12-9-19(21)15-32)30-13-20(30)7-10-29(18(3)25(28)33)11-8-22(36-5)24(29)30/h6,17-24H,1,7-16H2,2-5H3,(H,31,34,35)/t17?,18-,19+,20-,21-,22+,23+,24?,28-,29?,30-/m0/s1. The molecule has 0 radical (unpaired) electrons. The average molecular weight is 513 g/mol. The van der Waals surface area contributed by atoms with Crippen LogP contribution >= 0.6 is 0 Å². The molecular weight excluding hydrogens is 468 g/mol. The Morgan fingerprint density at radius 2 is 1.95 bits per heavy atom. The highest BCUT2D eigenvalue weighted by atomic mass is 16.6. The molecule has 37 heavy (non-hydrogen) atoms. The van der Waals surface area contributed by atoms with Crippen molar-refractivity contribution in [3.05, 3.63) is 12.7 Å². The first kappa shape index (κ1) is 25.5. The highest BCUT2D eigenvalue weighted by Gasteiger charge is 2.77. The van der Waals surface area contributed by atoms with Gasteiger partial charge >= 0.3 is 6.09 Å². The SMILES string of the molecule is C=CC(C)[C@]1(C)C[C@@H](OC(=O)NC(=O)[C@H]2CN3CC[C@@H]2C3)[C@]23C[C@@H]2CCC2(CC[C@@H](OC)C23)[C@@H](C)C1=O. The van der Waals surface area contributed by atoms with Crippen LogP contribution in [-0.4, -0.2) is 61.6 Å². The molecule has 4 unspecified atom stereocenters. The van der Waals surface area contributed by atoms with Gasteiger partial charge in [0.1, 0.15) is 11.9 Å². The van der Waals surface area contributed by atoms with Crippen molar-refractivity contribution in [3.63, 3.8) is 0 Å². The molecule has 1 spiro atoms. The lowest BCUT2D eigenvalue weighted by Gasteiger charge is -2.55. The zero-order valence-electron chi connectivity index (χ0n) is 23.0. The summed E-state index contributed by atoms with van der Waals surface area (Å²) < 4.78 is 12.4. The topological polar surface area (TPSA) is 84.9 Å². The number of Topliss-reactive ketones (excluding diaryl/α,β-unsaturated/α-hetero) is 1. The van der Waals surface area contributed by atoms with Crippen molar-refractivity contribution < 1.29 is 23.9 Å². The number of ketones is 1. The van der Waals surface area contributed by atoms with Gasteiger partial charge in [0.2, 0.25) is 5.91 Å². The molecule has 1 N–H and O–H groups in total. The molecule has 7 heteroatoms. The number of amides is 2. The van der Waals surface area contributed by atoms with E-state index >= 15 is 0 Å². The molecule has 0 aromatic carbocycles. The molecular formula is C30H44N2O5. The molecule has 0 aromatic rings. The lowest BCUT2D eigenvalue weighted by atomic mass is 9.49. The van der Waals surface area contributed by atoms with E-state index in [2.05, 4.69) is 30.6 Å². The third kappa shape index (κ3) is 3.48. The number of alkyl carbamates (subject to hydrolysis) is 1. The summed E-state index contributed by atoms with van der Waals surface area (Å²) >= 11 is 0. The highest BCUT2D eigenvalue weighted by molar-refractivity contribution is 5.94. The number of methoxy groups -OCH3 is 1. The van der Waals surface area contributed by atoms with Crippen LogP contribution in [0.15, 0.2) is 12.7 Å². The van der Waals surface area contributed by atoms with Gasteiger partial charge < -0.3 is 14.4 Å². The molecule has 2 saturated heterocycles. The smallest absolute Gasteiger partial charge is 0.414 e. The number of nitrogens with zero attached hydrogens (tertiary/aromatic N) is 1. The molecule has 6 rings (SSSR count). The number of carbonyl (C=O) groups excluding carboxylic acids is 3. The van der Waals surface area contributed by atoms with Gasteiger partial charge in [0.05, 0.1) is 12.0 Å². The van der Waals surface area contributed by atoms with E-state index in [4.69, 9.17) is 9.47 Å². The fraction of sp³-hybridized carbons (Fsp3) is 0.833. The minimum atomic E-state index is -0.686. The van der Waals surface area contributed by atoms with Gasteiger partial charge in [-0.25, -0.2) is 4.79 Å². The summed E-state index contributed by atoms with van der Waals surface area (Å²) in [6.45, 7) is 13.0. The predicted octanol–water partition coefficient (Wildman–Crippen LogP) is 4.21. The minimum Gasteiger partial charge on any atom is -0.445 e. The van der Waals surface area contributed by atoms with E-state index in [9.17, 15) is 14.4 Å². The number of imide groups is 1. The molecule has 6 aliphatic rings. The van der Waals surface area contributed by atoms with Gasteiger partial charge in [-0.3, -0.25) is 14.9 Å². The lowest BCUT2D eigenvalue weighted by molar-refractivity contribution is -0.163. The van der Waals surface area contributed by atoms with Gasteiger partial charge in [0.25, 0.3) is 0 Å². The third-order valence-corrected chi connectivity index (χ3v) is 12.5. The monoisotopic (exact) mass is 512 g/mol. The Labute approximate surface area is 221 Å². The van der Waals surface area contributed by atoms with Crippen molar-refractivity contribution in [2.75, 3.05) is 26.7 Å². The Morgan fingerprint density at radius 1 is 1.19 bits per heavy atom. The molecule has 12 atom stereocenters. The van der Waals surface area contributed by atoms with Crippen LogP contribution < -0.4 is 5.32 Å². The first-order chi connectivity index (χ1) is 17.6. The fourth-order valence-corrected chi connectivity index (χ4v) is 10.1. The Bertz CT molecular complexity index is 1010. The number of carbonyl (C=O) groups is 3. The van der Waals surface area contributed by atoms with Gasteiger partial charge in [-0.2, -0.15) is 0 Å². The Morgan fingerprint density at radius 3 is 2.59 bits per heavy atom. The van der Waals surface area contributed by atoms with Crippen LogP contribution in [-0.2, 0) is 19.1 Å². The zero-order valence-corrected chi connectivity index (χ0v) is 23.0. The molecule has 7 nitrogen and oxygen atoms in total. The van der Waals surface area contributed by atoms with E-state index in [1.807, 2.05) is 13.0 Å². The van der Waals surface area contributed by atoms with Crippen molar-refractivity contribution in [2.45, 2.75) is 77.9 Å². The first-order valence-corrected chi connectivity index (χ1v) is 14.5. The molecule has 4 saturated carbocycles. The van der Waals surface area contributed by atoms with Crippen LogP contribution in [0.2, 0.25) is 0 Å². The van der Waals surface area contributed by atoms with Crippen LogP contribution in [0, 0.1) is 51.8 Å². The van der Waals surface area contributed by atoms with Crippen molar-refractivity contribution >= 4 is 17.8 Å². The second-order valence-corrected chi connectivity index (χ2v) is 13.6.